The minimum Gasteiger partial charge on any atom is -0.505 e. The Labute approximate surface area is 104 Å². The van der Waals surface area contributed by atoms with Gasteiger partial charge in [-0.2, -0.15) is 0 Å². The monoisotopic (exact) mass is 251 g/mol. The lowest BCUT2D eigenvalue weighted by molar-refractivity contribution is 0.0527. The van der Waals surface area contributed by atoms with Gasteiger partial charge in [0, 0.05) is 24.2 Å². The first-order valence-corrected chi connectivity index (χ1v) is 5.62. The van der Waals surface area contributed by atoms with Crippen molar-refractivity contribution in [3.8, 4) is 5.75 Å². The molecule has 2 aromatic rings. The number of aromatic hydroxyl groups is 1. The number of phenols is 1. The van der Waals surface area contributed by atoms with E-state index in [4.69, 9.17) is 4.74 Å². The van der Waals surface area contributed by atoms with Crippen LogP contribution in [0, 0.1) is 12.7 Å². The van der Waals surface area contributed by atoms with Crippen molar-refractivity contribution in [2.75, 3.05) is 6.61 Å². The van der Waals surface area contributed by atoms with Crippen LogP contribution in [-0.4, -0.2) is 22.2 Å². The molecule has 0 amide bonds. The number of esters is 1. The van der Waals surface area contributed by atoms with E-state index in [0.717, 1.165) is 0 Å². The molecular weight excluding hydrogens is 237 g/mol. The number of phenolic OH excluding ortho intramolecular Hbond substituents is 1. The maximum absolute atomic E-state index is 13.3. The first kappa shape index (κ1) is 12.4. The SMILES string of the molecule is CCOC(=O)c1c(C)n(C)c2cc(F)c(O)cc12. The number of carbonyl (C=O) groups is 1. The van der Waals surface area contributed by atoms with E-state index >= 15 is 0 Å². The highest BCUT2D eigenvalue weighted by molar-refractivity contribution is 6.06. The number of nitrogens with zero attached hydrogens (tertiary/aromatic N) is 1. The molecule has 0 spiro atoms. The van der Waals surface area contributed by atoms with E-state index in [1.165, 1.54) is 12.1 Å². The van der Waals surface area contributed by atoms with Crippen LogP contribution < -0.4 is 0 Å². The van der Waals surface area contributed by atoms with Crippen LogP contribution in [0.5, 0.6) is 5.75 Å². The molecule has 0 radical (unpaired) electrons. The number of carbonyl (C=O) groups excluding carboxylic acids is 1. The van der Waals surface area contributed by atoms with Gasteiger partial charge in [-0.3, -0.25) is 0 Å². The lowest BCUT2D eigenvalue weighted by Crippen LogP contribution is -2.06. The van der Waals surface area contributed by atoms with Crippen LogP contribution in [0.1, 0.15) is 23.0 Å². The molecular formula is C13H14FNO3. The molecule has 0 aliphatic rings. The molecule has 0 atom stereocenters. The fraction of sp³-hybridized carbons (Fsp3) is 0.308. The molecule has 1 aromatic carbocycles. The van der Waals surface area contributed by atoms with Crippen molar-refractivity contribution >= 4 is 16.9 Å². The van der Waals surface area contributed by atoms with E-state index in [0.29, 0.717) is 22.2 Å². The Morgan fingerprint density at radius 3 is 2.78 bits per heavy atom. The van der Waals surface area contributed by atoms with Crippen molar-refractivity contribution in [2.45, 2.75) is 13.8 Å². The van der Waals surface area contributed by atoms with Crippen LogP contribution in [0.4, 0.5) is 4.39 Å². The van der Waals surface area contributed by atoms with Gasteiger partial charge < -0.3 is 14.4 Å². The zero-order chi connectivity index (χ0) is 13.4. The normalized spacial score (nSPS) is 10.9. The molecule has 1 aromatic heterocycles. The summed E-state index contributed by atoms with van der Waals surface area (Å²) in [7, 11) is 1.73. The molecule has 0 saturated carbocycles. The number of rotatable bonds is 2. The number of halogens is 1. The number of benzene rings is 1. The fourth-order valence-corrected chi connectivity index (χ4v) is 2.03. The molecule has 1 N–H and O–H groups in total. The number of hydrogen-bond acceptors (Lipinski definition) is 3. The summed E-state index contributed by atoms with van der Waals surface area (Å²) in [5, 5.41) is 9.91. The summed E-state index contributed by atoms with van der Waals surface area (Å²) in [4.78, 5) is 11.9. The van der Waals surface area contributed by atoms with Crippen LogP contribution in [0.25, 0.3) is 10.9 Å². The van der Waals surface area contributed by atoms with Crippen LogP contribution in [-0.2, 0) is 11.8 Å². The standard InChI is InChI=1S/C13H14FNO3/c1-4-18-13(17)12-7(2)15(3)10-6-9(14)11(16)5-8(10)12/h5-6,16H,4H2,1-3H3. The Kier molecular flexibility index (Phi) is 2.98. The molecule has 0 aliphatic heterocycles. The second-order valence-corrected chi connectivity index (χ2v) is 4.06. The van der Waals surface area contributed by atoms with E-state index in [1.807, 2.05) is 0 Å². The Morgan fingerprint density at radius 1 is 1.50 bits per heavy atom. The minimum atomic E-state index is -0.710. The third-order valence-electron chi connectivity index (χ3n) is 3.04. The van der Waals surface area contributed by atoms with E-state index in [9.17, 15) is 14.3 Å². The van der Waals surface area contributed by atoms with E-state index in [1.54, 1.807) is 25.5 Å². The van der Waals surface area contributed by atoms with Crippen LogP contribution >= 0.6 is 0 Å². The van der Waals surface area contributed by atoms with Gasteiger partial charge in [0.05, 0.1) is 17.7 Å². The molecule has 5 heteroatoms. The third kappa shape index (κ3) is 1.72. The molecule has 0 bridgehead atoms. The predicted octanol–water partition coefficient (Wildman–Crippen LogP) is 2.51. The summed E-state index contributed by atoms with van der Waals surface area (Å²) < 4.78 is 20.0. The van der Waals surface area contributed by atoms with Crippen molar-refractivity contribution in [1.29, 1.82) is 0 Å². The highest BCUT2D eigenvalue weighted by Crippen LogP contribution is 2.30. The molecule has 4 nitrogen and oxygen atoms in total. The Balaban J connectivity index is 2.77. The van der Waals surface area contributed by atoms with Crippen molar-refractivity contribution in [3.63, 3.8) is 0 Å². The summed E-state index contributed by atoms with van der Waals surface area (Å²) in [6.07, 6.45) is 0. The maximum Gasteiger partial charge on any atom is 0.340 e. The van der Waals surface area contributed by atoms with Gasteiger partial charge in [0.15, 0.2) is 11.6 Å². The van der Waals surface area contributed by atoms with Crippen LogP contribution in [0.2, 0.25) is 0 Å². The number of hydrogen-bond donors (Lipinski definition) is 1. The molecule has 0 aliphatic carbocycles. The minimum absolute atomic E-state index is 0.266. The van der Waals surface area contributed by atoms with E-state index < -0.39 is 17.5 Å². The second-order valence-electron chi connectivity index (χ2n) is 4.06. The molecule has 1 heterocycles. The molecule has 18 heavy (non-hydrogen) atoms. The first-order chi connectivity index (χ1) is 8.47. The molecule has 0 saturated heterocycles. The maximum atomic E-state index is 13.3. The highest BCUT2D eigenvalue weighted by Gasteiger charge is 2.21. The lowest BCUT2D eigenvalue weighted by atomic mass is 10.1. The summed E-state index contributed by atoms with van der Waals surface area (Å²) >= 11 is 0. The predicted molar refractivity (Wildman–Crippen MR) is 65.2 cm³/mol. The zero-order valence-corrected chi connectivity index (χ0v) is 10.5. The molecule has 2 rings (SSSR count). The van der Waals surface area contributed by atoms with Gasteiger partial charge in [-0.15, -0.1) is 0 Å². The van der Waals surface area contributed by atoms with Gasteiger partial charge in [-0.05, 0) is 19.9 Å². The topological polar surface area (TPSA) is 51.5 Å². The summed E-state index contributed by atoms with van der Waals surface area (Å²) in [6.45, 7) is 3.73. The van der Waals surface area contributed by atoms with Gasteiger partial charge in [-0.25, -0.2) is 9.18 Å². The number of fused-ring (bicyclic) bond motifs is 1. The smallest absolute Gasteiger partial charge is 0.340 e. The average Bonchev–Trinajstić information content (AvgIpc) is 2.54. The highest BCUT2D eigenvalue weighted by atomic mass is 19.1. The zero-order valence-electron chi connectivity index (χ0n) is 10.5. The molecule has 96 valence electrons. The molecule has 0 unspecified atom stereocenters. The van der Waals surface area contributed by atoms with Crippen molar-refractivity contribution in [3.05, 3.63) is 29.2 Å². The van der Waals surface area contributed by atoms with Crippen molar-refractivity contribution < 1.29 is 19.0 Å². The third-order valence-corrected chi connectivity index (χ3v) is 3.04. The molecule has 0 fully saturated rings. The van der Waals surface area contributed by atoms with Gasteiger partial charge in [0.2, 0.25) is 0 Å². The number of aryl methyl sites for hydroxylation is 1. The number of aromatic nitrogens is 1. The summed E-state index contributed by atoms with van der Waals surface area (Å²) in [6, 6.07) is 2.46. The second kappa shape index (κ2) is 4.33. The van der Waals surface area contributed by atoms with Crippen LogP contribution in [0.3, 0.4) is 0 Å². The van der Waals surface area contributed by atoms with Gasteiger partial charge in [0.25, 0.3) is 0 Å². The van der Waals surface area contributed by atoms with Gasteiger partial charge in [-0.1, -0.05) is 0 Å². The van der Waals surface area contributed by atoms with E-state index in [2.05, 4.69) is 0 Å². The fourth-order valence-electron chi connectivity index (χ4n) is 2.03. The van der Waals surface area contributed by atoms with E-state index in [-0.39, 0.29) is 6.61 Å². The summed E-state index contributed by atoms with van der Waals surface area (Å²) in [5.74, 6) is -1.65. The van der Waals surface area contributed by atoms with Crippen molar-refractivity contribution in [2.24, 2.45) is 7.05 Å². The van der Waals surface area contributed by atoms with Gasteiger partial charge >= 0.3 is 5.97 Å². The van der Waals surface area contributed by atoms with Crippen LogP contribution in [0.15, 0.2) is 12.1 Å². The quantitative estimate of drug-likeness (QED) is 0.834. The Hall–Kier alpha value is -2.04. The Bertz CT molecular complexity index is 631. The average molecular weight is 251 g/mol. The van der Waals surface area contributed by atoms with Crippen molar-refractivity contribution in [1.82, 2.24) is 4.57 Å². The summed E-state index contributed by atoms with van der Waals surface area (Å²) in [5.41, 5.74) is 1.59. The lowest BCUT2D eigenvalue weighted by Gasteiger charge is -2.02. The van der Waals surface area contributed by atoms with Gasteiger partial charge in [0.1, 0.15) is 0 Å². The number of ether oxygens (including phenoxy) is 1. The first-order valence-electron chi connectivity index (χ1n) is 5.62. The Morgan fingerprint density at radius 2 is 2.17 bits per heavy atom. The largest absolute Gasteiger partial charge is 0.505 e.